The lowest BCUT2D eigenvalue weighted by Crippen LogP contribution is -2.16. The molecular weight excluding hydrogens is 239 g/mol. The summed E-state index contributed by atoms with van der Waals surface area (Å²) in [5.41, 5.74) is 1.86. The van der Waals surface area contributed by atoms with Gasteiger partial charge in [0.1, 0.15) is 5.82 Å². The zero-order valence-corrected chi connectivity index (χ0v) is 11.1. The van der Waals surface area contributed by atoms with Crippen molar-refractivity contribution in [3.05, 3.63) is 41.2 Å². The number of Topliss-reactive ketones (excluding diaryl/α,β-unsaturated/α-hetero) is 1. The molecule has 2 aliphatic rings. The van der Waals surface area contributed by atoms with Crippen LogP contribution in [0.5, 0.6) is 0 Å². The van der Waals surface area contributed by atoms with E-state index in [0.29, 0.717) is 11.7 Å². The van der Waals surface area contributed by atoms with E-state index in [1.165, 1.54) is 37.8 Å². The van der Waals surface area contributed by atoms with Crippen LogP contribution in [0.4, 0.5) is 4.39 Å². The number of halogens is 1. The molecule has 1 atom stereocenters. The fraction of sp³-hybridized carbons (Fsp3) is 0.471. The van der Waals surface area contributed by atoms with Crippen LogP contribution in [0.2, 0.25) is 0 Å². The van der Waals surface area contributed by atoms with Crippen molar-refractivity contribution in [1.82, 2.24) is 0 Å². The molecule has 0 amide bonds. The van der Waals surface area contributed by atoms with Gasteiger partial charge in [-0.2, -0.15) is 0 Å². The molecule has 3 rings (SSSR count). The van der Waals surface area contributed by atoms with Crippen molar-refractivity contribution < 1.29 is 9.18 Å². The molecule has 2 fully saturated rings. The molecular formula is C17H19FO. The third-order valence-electron chi connectivity index (χ3n) is 4.56. The molecule has 1 aromatic rings. The van der Waals surface area contributed by atoms with Gasteiger partial charge >= 0.3 is 0 Å². The molecule has 0 unspecified atom stereocenters. The van der Waals surface area contributed by atoms with Gasteiger partial charge in [-0.1, -0.05) is 25.0 Å². The molecule has 2 heteroatoms. The highest BCUT2D eigenvalue weighted by molar-refractivity contribution is 6.03. The quantitative estimate of drug-likeness (QED) is 0.719. The molecule has 0 heterocycles. The Morgan fingerprint density at radius 3 is 2.42 bits per heavy atom. The summed E-state index contributed by atoms with van der Waals surface area (Å²) in [6, 6.07) is 6.36. The van der Waals surface area contributed by atoms with E-state index in [1.54, 1.807) is 12.1 Å². The van der Waals surface area contributed by atoms with Gasteiger partial charge < -0.3 is 0 Å². The average molecular weight is 258 g/mol. The molecule has 0 aromatic heterocycles. The fourth-order valence-corrected chi connectivity index (χ4v) is 3.52. The van der Waals surface area contributed by atoms with Gasteiger partial charge in [0.25, 0.3) is 0 Å². The van der Waals surface area contributed by atoms with Crippen LogP contribution in [0.15, 0.2) is 29.8 Å². The molecule has 1 aromatic carbocycles. The van der Waals surface area contributed by atoms with Gasteiger partial charge in [0.15, 0.2) is 5.78 Å². The van der Waals surface area contributed by atoms with Gasteiger partial charge in [0, 0.05) is 5.92 Å². The van der Waals surface area contributed by atoms with Crippen LogP contribution in [-0.4, -0.2) is 5.78 Å². The van der Waals surface area contributed by atoms with E-state index in [2.05, 4.69) is 0 Å². The van der Waals surface area contributed by atoms with Gasteiger partial charge in [-0.15, -0.1) is 0 Å². The predicted molar refractivity (Wildman–Crippen MR) is 74.1 cm³/mol. The molecule has 0 radical (unpaired) electrons. The maximum absolute atomic E-state index is 12.9. The Labute approximate surface area is 113 Å². The highest BCUT2D eigenvalue weighted by Crippen LogP contribution is 2.40. The van der Waals surface area contributed by atoms with E-state index in [1.807, 2.05) is 6.08 Å². The number of rotatable bonds is 2. The lowest BCUT2D eigenvalue weighted by Gasteiger charge is -2.15. The Morgan fingerprint density at radius 1 is 1.05 bits per heavy atom. The van der Waals surface area contributed by atoms with E-state index in [9.17, 15) is 9.18 Å². The first-order chi connectivity index (χ1) is 9.24. The van der Waals surface area contributed by atoms with Crippen LogP contribution < -0.4 is 0 Å². The van der Waals surface area contributed by atoms with Crippen LogP contribution in [-0.2, 0) is 4.79 Å². The summed E-state index contributed by atoms with van der Waals surface area (Å²) < 4.78 is 12.9. The molecule has 0 N–H and O–H groups in total. The molecule has 0 spiro atoms. The van der Waals surface area contributed by atoms with Crippen molar-refractivity contribution >= 4 is 11.9 Å². The average Bonchev–Trinajstić information content (AvgIpc) is 3.03. The second kappa shape index (κ2) is 5.28. The van der Waals surface area contributed by atoms with E-state index >= 15 is 0 Å². The summed E-state index contributed by atoms with van der Waals surface area (Å²) in [4.78, 5) is 12.4. The van der Waals surface area contributed by atoms with Crippen molar-refractivity contribution in [2.45, 2.75) is 38.5 Å². The number of ketones is 1. The van der Waals surface area contributed by atoms with Crippen LogP contribution >= 0.6 is 0 Å². The maximum Gasteiger partial charge on any atom is 0.162 e. The van der Waals surface area contributed by atoms with Gasteiger partial charge in [-0.25, -0.2) is 4.39 Å². The summed E-state index contributed by atoms with van der Waals surface area (Å²) in [6.45, 7) is 0. The van der Waals surface area contributed by atoms with E-state index in [-0.39, 0.29) is 11.7 Å². The van der Waals surface area contributed by atoms with Crippen molar-refractivity contribution in [2.75, 3.05) is 0 Å². The highest BCUT2D eigenvalue weighted by Gasteiger charge is 2.36. The first kappa shape index (κ1) is 12.6. The van der Waals surface area contributed by atoms with Crippen molar-refractivity contribution in [2.24, 2.45) is 11.8 Å². The standard InChI is InChI=1S/C17H19FO/c18-15-8-5-12(6-9-15)11-14-7-10-16(17(14)19)13-3-1-2-4-13/h5-6,8-9,11,13,16H,1-4,7,10H2/b14-11+/t16-/m0/s1. The Morgan fingerprint density at radius 2 is 1.74 bits per heavy atom. The Balaban J connectivity index is 1.75. The summed E-state index contributed by atoms with van der Waals surface area (Å²) >= 11 is 0. The number of carbonyl (C=O) groups is 1. The highest BCUT2D eigenvalue weighted by atomic mass is 19.1. The van der Waals surface area contributed by atoms with Crippen LogP contribution in [0.1, 0.15) is 44.1 Å². The molecule has 0 aliphatic heterocycles. The molecule has 0 bridgehead atoms. The summed E-state index contributed by atoms with van der Waals surface area (Å²) in [5.74, 6) is 0.987. The number of hydrogen-bond donors (Lipinski definition) is 0. The lowest BCUT2D eigenvalue weighted by atomic mass is 9.88. The van der Waals surface area contributed by atoms with Crippen LogP contribution in [0.25, 0.3) is 6.08 Å². The minimum atomic E-state index is -0.233. The van der Waals surface area contributed by atoms with Crippen molar-refractivity contribution in [1.29, 1.82) is 0 Å². The van der Waals surface area contributed by atoms with E-state index in [0.717, 1.165) is 24.0 Å². The Bertz CT molecular complexity index is 494. The maximum atomic E-state index is 12.9. The second-order valence-electron chi connectivity index (χ2n) is 5.78. The molecule has 2 saturated carbocycles. The second-order valence-corrected chi connectivity index (χ2v) is 5.78. The van der Waals surface area contributed by atoms with Crippen LogP contribution in [0, 0.1) is 17.7 Å². The third kappa shape index (κ3) is 2.63. The minimum Gasteiger partial charge on any atom is -0.294 e. The zero-order chi connectivity index (χ0) is 13.2. The third-order valence-corrected chi connectivity index (χ3v) is 4.56. The van der Waals surface area contributed by atoms with Gasteiger partial charge in [0.2, 0.25) is 0 Å². The first-order valence-electron chi connectivity index (χ1n) is 7.24. The SMILES string of the molecule is O=C1/C(=C/c2ccc(F)cc2)CC[C@H]1C1CCCC1. The minimum absolute atomic E-state index is 0.233. The lowest BCUT2D eigenvalue weighted by molar-refractivity contribution is -0.119. The van der Waals surface area contributed by atoms with E-state index in [4.69, 9.17) is 0 Å². The smallest absolute Gasteiger partial charge is 0.162 e. The Hall–Kier alpha value is -1.44. The van der Waals surface area contributed by atoms with Crippen LogP contribution in [0.3, 0.4) is 0 Å². The molecule has 0 saturated heterocycles. The van der Waals surface area contributed by atoms with Gasteiger partial charge in [-0.3, -0.25) is 4.79 Å². The van der Waals surface area contributed by atoms with Crippen molar-refractivity contribution in [3.8, 4) is 0 Å². The number of benzene rings is 1. The summed E-state index contributed by atoms with van der Waals surface area (Å²) in [5, 5.41) is 0. The van der Waals surface area contributed by atoms with Gasteiger partial charge in [-0.05, 0) is 60.9 Å². The number of hydrogen-bond acceptors (Lipinski definition) is 1. The summed E-state index contributed by atoms with van der Waals surface area (Å²) in [6.07, 6.45) is 8.85. The van der Waals surface area contributed by atoms with Crippen molar-refractivity contribution in [3.63, 3.8) is 0 Å². The molecule has 100 valence electrons. The largest absolute Gasteiger partial charge is 0.294 e. The zero-order valence-electron chi connectivity index (χ0n) is 11.1. The molecule has 2 aliphatic carbocycles. The normalized spacial score (nSPS) is 26.5. The molecule has 19 heavy (non-hydrogen) atoms. The number of allylic oxidation sites excluding steroid dienone is 1. The van der Waals surface area contributed by atoms with Gasteiger partial charge in [0.05, 0.1) is 0 Å². The molecule has 1 nitrogen and oxygen atoms in total. The predicted octanol–water partition coefficient (Wildman–Crippen LogP) is 4.38. The van der Waals surface area contributed by atoms with E-state index < -0.39 is 0 Å². The first-order valence-corrected chi connectivity index (χ1v) is 7.24. The monoisotopic (exact) mass is 258 g/mol. The Kier molecular flexibility index (Phi) is 3.50. The fourth-order valence-electron chi connectivity index (χ4n) is 3.52. The summed E-state index contributed by atoms with van der Waals surface area (Å²) in [7, 11) is 0. The topological polar surface area (TPSA) is 17.1 Å². The number of carbonyl (C=O) groups excluding carboxylic acids is 1.